The maximum atomic E-state index is 15.6. The van der Waals surface area contributed by atoms with E-state index >= 15 is 8.78 Å². The topological polar surface area (TPSA) is 71.2 Å². The van der Waals surface area contributed by atoms with Gasteiger partial charge in [0.25, 0.3) is 0 Å². The van der Waals surface area contributed by atoms with E-state index in [4.69, 9.17) is 5.11 Å². The average molecular weight is 561 g/mol. The van der Waals surface area contributed by atoms with Crippen molar-refractivity contribution in [3.8, 4) is 22.4 Å². The molecule has 6 nitrogen and oxygen atoms in total. The summed E-state index contributed by atoms with van der Waals surface area (Å²) >= 11 is 0. The highest BCUT2D eigenvalue weighted by Crippen LogP contribution is 2.42. The first-order valence-corrected chi connectivity index (χ1v) is 13.3. The first kappa shape index (κ1) is 28.3. The number of aromatic nitrogens is 3. The summed E-state index contributed by atoms with van der Waals surface area (Å²) in [6.45, 7) is 4.80. The number of aryl methyl sites for hydroxylation is 1. The van der Waals surface area contributed by atoms with Crippen LogP contribution in [0.5, 0.6) is 0 Å². The Bertz CT molecular complexity index is 1600. The Morgan fingerprint density at radius 1 is 1.07 bits per heavy atom. The fraction of sp³-hybridized carbons (Fsp3) is 0.281. The summed E-state index contributed by atoms with van der Waals surface area (Å²) < 4.78 is 47.9. The van der Waals surface area contributed by atoms with Crippen molar-refractivity contribution >= 4 is 12.0 Å². The molecule has 0 fully saturated rings. The number of aliphatic carboxylic acids is 1. The highest BCUT2D eigenvalue weighted by molar-refractivity contribution is 5.85. The Morgan fingerprint density at radius 2 is 1.78 bits per heavy atom. The lowest BCUT2D eigenvalue weighted by Gasteiger charge is -2.44. The number of benzene rings is 2. The van der Waals surface area contributed by atoms with Gasteiger partial charge >= 0.3 is 5.97 Å². The summed E-state index contributed by atoms with van der Waals surface area (Å²) in [6.07, 6.45) is 7.95. The fourth-order valence-electron chi connectivity index (χ4n) is 5.52. The van der Waals surface area contributed by atoms with Gasteiger partial charge in [-0.25, -0.2) is 18.0 Å². The highest BCUT2D eigenvalue weighted by Gasteiger charge is 2.39. The molecule has 2 atom stereocenters. The van der Waals surface area contributed by atoms with E-state index in [1.54, 1.807) is 22.0 Å². The summed E-state index contributed by atoms with van der Waals surface area (Å²) in [4.78, 5) is 17.3. The lowest BCUT2D eigenvalue weighted by Crippen LogP contribution is -2.48. The number of rotatable bonds is 7. The van der Waals surface area contributed by atoms with E-state index in [2.05, 4.69) is 10.1 Å². The molecule has 0 saturated heterocycles. The summed E-state index contributed by atoms with van der Waals surface area (Å²) in [6, 6.07) is 10.8. The number of carbonyl (C=O) groups is 1. The predicted octanol–water partition coefficient (Wildman–Crippen LogP) is 6.61. The quantitative estimate of drug-likeness (QED) is 0.258. The van der Waals surface area contributed by atoms with Gasteiger partial charge in [-0.05, 0) is 73.7 Å². The van der Waals surface area contributed by atoms with E-state index in [-0.39, 0.29) is 23.7 Å². The van der Waals surface area contributed by atoms with Gasteiger partial charge in [-0.15, -0.1) is 0 Å². The molecule has 0 aliphatic carbocycles. The summed E-state index contributed by atoms with van der Waals surface area (Å²) in [5.74, 6) is -2.86. The van der Waals surface area contributed by atoms with Gasteiger partial charge in [0.05, 0.1) is 17.9 Å². The van der Waals surface area contributed by atoms with Gasteiger partial charge in [0, 0.05) is 54.8 Å². The molecule has 0 spiro atoms. The Labute approximate surface area is 236 Å². The molecular weight excluding hydrogens is 529 g/mol. The van der Waals surface area contributed by atoms with E-state index < -0.39 is 29.3 Å². The normalized spacial score (nSPS) is 17.6. The SMILES string of the molecule is C[C@@H]1Cc2cc(-c3ccc(-c4cnn(C)c4)nc3)ccc2[C@@H](c2c(F)cc(/C=C/C(=O)O)cc2F)N1CC(C)(C)F. The van der Waals surface area contributed by atoms with Crippen molar-refractivity contribution in [1.82, 2.24) is 19.7 Å². The minimum atomic E-state index is -1.61. The van der Waals surface area contributed by atoms with Crippen LogP contribution in [0.3, 0.4) is 0 Å². The Balaban J connectivity index is 1.57. The summed E-state index contributed by atoms with van der Waals surface area (Å²) in [5, 5.41) is 13.1. The van der Waals surface area contributed by atoms with Crippen LogP contribution >= 0.6 is 0 Å². The molecule has 0 saturated carbocycles. The third-order valence-electron chi connectivity index (χ3n) is 7.30. The first-order chi connectivity index (χ1) is 19.4. The second kappa shape index (κ2) is 11.0. The molecule has 0 radical (unpaired) electrons. The Hall–Kier alpha value is -4.24. The Morgan fingerprint density at radius 3 is 2.37 bits per heavy atom. The van der Waals surface area contributed by atoms with Crippen LogP contribution in [0.4, 0.5) is 13.2 Å². The van der Waals surface area contributed by atoms with Crippen LogP contribution in [0.15, 0.2) is 67.1 Å². The number of fused-ring (bicyclic) bond motifs is 1. The van der Waals surface area contributed by atoms with E-state index in [1.165, 1.54) is 13.8 Å². The molecule has 0 unspecified atom stereocenters. The van der Waals surface area contributed by atoms with Gasteiger partial charge in [0.2, 0.25) is 0 Å². The van der Waals surface area contributed by atoms with Crippen LogP contribution in [-0.2, 0) is 18.3 Å². The Kier molecular flexibility index (Phi) is 7.57. The standard InChI is InChI=1S/C32H31F3N4O2/c1-19-11-23-14-21(22-7-9-28(36-15-22)24-16-37-38(4)17-24)6-8-25(23)31(39(19)18-32(2,3)35)30-26(33)12-20(13-27(30)34)5-10-29(40)41/h5-10,12-17,19,31H,11,18H2,1-4H3,(H,40,41)/b10-5+/t19-,31+/m1/s1. The van der Waals surface area contributed by atoms with Crippen molar-refractivity contribution in [2.24, 2.45) is 7.05 Å². The number of alkyl halides is 1. The predicted molar refractivity (Wildman–Crippen MR) is 152 cm³/mol. The molecule has 2 aromatic heterocycles. The van der Waals surface area contributed by atoms with Crippen molar-refractivity contribution in [3.63, 3.8) is 0 Å². The molecule has 2 aromatic carbocycles. The number of hydrogen-bond acceptors (Lipinski definition) is 4. The van der Waals surface area contributed by atoms with E-state index in [0.717, 1.165) is 52.2 Å². The second-order valence-electron chi connectivity index (χ2n) is 11.2. The molecule has 212 valence electrons. The monoisotopic (exact) mass is 560 g/mol. The van der Waals surface area contributed by atoms with Gasteiger partial charge in [-0.2, -0.15) is 5.10 Å². The maximum absolute atomic E-state index is 15.6. The van der Waals surface area contributed by atoms with Crippen molar-refractivity contribution in [2.75, 3.05) is 6.54 Å². The fourth-order valence-corrected chi connectivity index (χ4v) is 5.52. The van der Waals surface area contributed by atoms with Crippen LogP contribution in [0.2, 0.25) is 0 Å². The van der Waals surface area contributed by atoms with Crippen LogP contribution in [0.25, 0.3) is 28.5 Å². The lowest BCUT2D eigenvalue weighted by molar-refractivity contribution is -0.131. The molecule has 1 aliphatic heterocycles. The molecule has 5 rings (SSSR count). The van der Waals surface area contributed by atoms with Crippen LogP contribution in [0, 0.1) is 11.6 Å². The zero-order valence-electron chi connectivity index (χ0n) is 23.3. The molecule has 1 aliphatic rings. The smallest absolute Gasteiger partial charge is 0.328 e. The number of halogens is 3. The first-order valence-electron chi connectivity index (χ1n) is 13.3. The average Bonchev–Trinajstić information content (AvgIpc) is 3.34. The molecular formula is C32H31F3N4O2. The zero-order valence-corrected chi connectivity index (χ0v) is 23.3. The van der Waals surface area contributed by atoms with Gasteiger partial charge in [0.1, 0.15) is 17.3 Å². The number of carboxylic acids is 1. The maximum Gasteiger partial charge on any atom is 0.328 e. The largest absolute Gasteiger partial charge is 0.478 e. The van der Waals surface area contributed by atoms with Crippen molar-refractivity contribution in [3.05, 3.63) is 101 Å². The number of hydrogen-bond donors (Lipinski definition) is 1. The van der Waals surface area contributed by atoms with Gasteiger partial charge in [-0.1, -0.05) is 24.3 Å². The molecule has 9 heteroatoms. The van der Waals surface area contributed by atoms with Crippen molar-refractivity contribution in [2.45, 2.75) is 44.9 Å². The summed E-state index contributed by atoms with van der Waals surface area (Å²) in [5.41, 5.74) is 3.41. The van der Waals surface area contributed by atoms with Gasteiger partial charge in [-0.3, -0.25) is 14.6 Å². The van der Waals surface area contributed by atoms with E-state index in [0.29, 0.717) is 12.0 Å². The summed E-state index contributed by atoms with van der Waals surface area (Å²) in [7, 11) is 1.84. The molecule has 41 heavy (non-hydrogen) atoms. The minimum absolute atomic E-state index is 0.0285. The van der Waals surface area contributed by atoms with E-state index in [9.17, 15) is 9.18 Å². The van der Waals surface area contributed by atoms with Gasteiger partial charge in [0.15, 0.2) is 0 Å². The van der Waals surface area contributed by atoms with Crippen LogP contribution in [0.1, 0.15) is 49.1 Å². The molecule has 1 N–H and O–H groups in total. The van der Waals surface area contributed by atoms with E-state index in [1.807, 2.05) is 50.5 Å². The molecule has 0 amide bonds. The number of carboxylic acid groups (broad SMARTS) is 1. The van der Waals surface area contributed by atoms with Crippen molar-refractivity contribution < 1.29 is 23.1 Å². The lowest BCUT2D eigenvalue weighted by atomic mass is 9.82. The van der Waals surface area contributed by atoms with Gasteiger partial charge < -0.3 is 5.11 Å². The van der Waals surface area contributed by atoms with Crippen LogP contribution in [-0.4, -0.2) is 49.0 Å². The molecule has 0 bridgehead atoms. The second-order valence-corrected chi connectivity index (χ2v) is 11.2. The van der Waals surface area contributed by atoms with Crippen LogP contribution < -0.4 is 0 Å². The van der Waals surface area contributed by atoms with Crippen molar-refractivity contribution in [1.29, 1.82) is 0 Å². The highest BCUT2D eigenvalue weighted by atomic mass is 19.1. The number of nitrogens with zero attached hydrogens (tertiary/aromatic N) is 4. The molecule has 3 heterocycles. The molecule has 4 aromatic rings. The zero-order chi connectivity index (χ0) is 29.5. The minimum Gasteiger partial charge on any atom is -0.478 e. The number of pyridine rings is 1. The third kappa shape index (κ3) is 6.10. The third-order valence-corrected chi connectivity index (χ3v) is 7.30.